The largest absolute Gasteiger partial charge is 0.352 e. The zero-order valence-corrected chi connectivity index (χ0v) is 12.1. The van der Waals surface area contributed by atoms with Crippen LogP contribution in [0.3, 0.4) is 0 Å². The number of carbonyl (C=O) groups is 2. The van der Waals surface area contributed by atoms with Crippen LogP contribution in [-0.4, -0.2) is 29.9 Å². The average Bonchev–Trinajstić information content (AvgIpc) is 2.37. The van der Waals surface area contributed by atoms with Gasteiger partial charge in [0.15, 0.2) is 0 Å². The SMILES string of the molecule is CCCC(C)(N)C(=O)NCC(=O)NC1CCCCC1. The predicted octanol–water partition coefficient (Wildman–Crippen LogP) is 1.07. The molecule has 0 spiro atoms. The third-order valence-electron chi connectivity index (χ3n) is 3.67. The molecule has 0 saturated heterocycles. The van der Waals surface area contributed by atoms with Crippen LogP contribution in [0.4, 0.5) is 0 Å². The molecule has 19 heavy (non-hydrogen) atoms. The van der Waals surface area contributed by atoms with Crippen molar-refractivity contribution < 1.29 is 9.59 Å². The topological polar surface area (TPSA) is 84.2 Å². The van der Waals surface area contributed by atoms with Crippen LogP contribution in [0.2, 0.25) is 0 Å². The summed E-state index contributed by atoms with van der Waals surface area (Å²) >= 11 is 0. The lowest BCUT2D eigenvalue weighted by molar-refractivity contribution is -0.129. The van der Waals surface area contributed by atoms with Crippen LogP contribution in [0.15, 0.2) is 0 Å². The fraction of sp³-hybridized carbons (Fsp3) is 0.857. The first kappa shape index (κ1) is 16.0. The fourth-order valence-electron chi connectivity index (χ4n) is 2.52. The first-order valence-corrected chi connectivity index (χ1v) is 7.32. The quantitative estimate of drug-likeness (QED) is 0.674. The second-order valence-electron chi connectivity index (χ2n) is 5.75. The Labute approximate surface area is 115 Å². The lowest BCUT2D eigenvalue weighted by atomic mass is 9.95. The van der Waals surface area contributed by atoms with Crippen molar-refractivity contribution in [1.29, 1.82) is 0 Å². The molecule has 1 aliphatic carbocycles. The highest BCUT2D eigenvalue weighted by Crippen LogP contribution is 2.17. The molecule has 0 aromatic carbocycles. The summed E-state index contributed by atoms with van der Waals surface area (Å²) in [5, 5.41) is 5.58. The van der Waals surface area contributed by atoms with Gasteiger partial charge in [0.2, 0.25) is 11.8 Å². The van der Waals surface area contributed by atoms with Crippen LogP contribution in [0.25, 0.3) is 0 Å². The van der Waals surface area contributed by atoms with E-state index in [0.29, 0.717) is 6.42 Å². The van der Waals surface area contributed by atoms with E-state index >= 15 is 0 Å². The number of nitrogens with one attached hydrogen (secondary N) is 2. The summed E-state index contributed by atoms with van der Waals surface area (Å²) < 4.78 is 0. The van der Waals surface area contributed by atoms with Gasteiger partial charge in [-0.1, -0.05) is 32.6 Å². The Morgan fingerprint density at radius 1 is 1.26 bits per heavy atom. The second-order valence-corrected chi connectivity index (χ2v) is 5.75. The van der Waals surface area contributed by atoms with Gasteiger partial charge in [-0.25, -0.2) is 0 Å². The summed E-state index contributed by atoms with van der Waals surface area (Å²) in [6.07, 6.45) is 7.15. The van der Waals surface area contributed by atoms with Gasteiger partial charge >= 0.3 is 0 Å². The average molecular weight is 269 g/mol. The summed E-state index contributed by atoms with van der Waals surface area (Å²) in [7, 11) is 0. The van der Waals surface area contributed by atoms with Gasteiger partial charge in [0.25, 0.3) is 0 Å². The van der Waals surface area contributed by atoms with Gasteiger partial charge in [-0.2, -0.15) is 0 Å². The summed E-state index contributed by atoms with van der Waals surface area (Å²) in [5.74, 6) is -0.374. The van der Waals surface area contributed by atoms with Crippen molar-refractivity contribution in [2.45, 2.75) is 70.4 Å². The predicted molar refractivity (Wildman–Crippen MR) is 75.5 cm³/mol. The van der Waals surface area contributed by atoms with Crippen LogP contribution in [0.5, 0.6) is 0 Å². The van der Waals surface area contributed by atoms with Crippen molar-refractivity contribution in [2.24, 2.45) is 5.73 Å². The van der Waals surface area contributed by atoms with E-state index in [4.69, 9.17) is 5.73 Å². The van der Waals surface area contributed by atoms with Gasteiger partial charge in [-0.05, 0) is 26.2 Å². The second kappa shape index (κ2) is 7.48. The molecule has 0 aromatic rings. The van der Waals surface area contributed by atoms with E-state index in [1.807, 2.05) is 6.92 Å². The van der Waals surface area contributed by atoms with Gasteiger partial charge in [0, 0.05) is 6.04 Å². The highest BCUT2D eigenvalue weighted by atomic mass is 16.2. The van der Waals surface area contributed by atoms with E-state index in [-0.39, 0.29) is 24.4 Å². The van der Waals surface area contributed by atoms with Gasteiger partial charge in [0.1, 0.15) is 0 Å². The van der Waals surface area contributed by atoms with Crippen molar-refractivity contribution in [3.8, 4) is 0 Å². The van der Waals surface area contributed by atoms with Crippen LogP contribution in [0, 0.1) is 0 Å². The minimum Gasteiger partial charge on any atom is -0.352 e. The number of hydrogen-bond acceptors (Lipinski definition) is 3. The number of carbonyl (C=O) groups excluding carboxylic acids is 2. The number of hydrogen-bond donors (Lipinski definition) is 3. The molecule has 1 aliphatic rings. The van der Waals surface area contributed by atoms with Crippen LogP contribution >= 0.6 is 0 Å². The molecular weight excluding hydrogens is 242 g/mol. The van der Waals surface area contributed by atoms with Gasteiger partial charge in [0.05, 0.1) is 12.1 Å². The zero-order valence-electron chi connectivity index (χ0n) is 12.1. The van der Waals surface area contributed by atoms with Crippen molar-refractivity contribution in [3.05, 3.63) is 0 Å². The molecule has 1 saturated carbocycles. The maximum absolute atomic E-state index is 11.8. The van der Waals surface area contributed by atoms with E-state index in [1.54, 1.807) is 6.92 Å². The molecule has 0 bridgehead atoms. The molecule has 110 valence electrons. The summed E-state index contributed by atoms with van der Waals surface area (Å²) in [4.78, 5) is 23.6. The summed E-state index contributed by atoms with van der Waals surface area (Å²) in [6.45, 7) is 3.70. The van der Waals surface area contributed by atoms with E-state index in [0.717, 1.165) is 19.3 Å². The highest BCUT2D eigenvalue weighted by Gasteiger charge is 2.27. The van der Waals surface area contributed by atoms with Crippen molar-refractivity contribution in [3.63, 3.8) is 0 Å². The molecule has 2 amide bonds. The zero-order chi connectivity index (χ0) is 14.3. The van der Waals surface area contributed by atoms with Crippen molar-refractivity contribution in [1.82, 2.24) is 10.6 Å². The minimum absolute atomic E-state index is 0.0197. The molecule has 1 atom stereocenters. The first-order chi connectivity index (χ1) is 8.95. The first-order valence-electron chi connectivity index (χ1n) is 7.32. The molecule has 0 aromatic heterocycles. The molecular formula is C14H27N3O2. The van der Waals surface area contributed by atoms with E-state index in [2.05, 4.69) is 10.6 Å². The van der Waals surface area contributed by atoms with Crippen molar-refractivity contribution in [2.75, 3.05) is 6.54 Å². The molecule has 0 heterocycles. The molecule has 0 radical (unpaired) electrons. The van der Waals surface area contributed by atoms with Crippen molar-refractivity contribution >= 4 is 11.8 Å². The minimum atomic E-state index is -0.889. The monoisotopic (exact) mass is 269 g/mol. The van der Waals surface area contributed by atoms with Crippen LogP contribution < -0.4 is 16.4 Å². The molecule has 0 aliphatic heterocycles. The molecule has 5 nitrogen and oxygen atoms in total. The Morgan fingerprint density at radius 3 is 2.47 bits per heavy atom. The number of amides is 2. The molecule has 1 rings (SSSR count). The molecule has 4 N–H and O–H groups in total. The van der Waals surface area contributed by atoms with Gasteiger partial charge in [-0.3, -0.25) is 9.59 Å². The summed E-state index contributed by atoms with van der Waals surface area (Å²) in [5.41, 5.74) is 5.01. The summed E-state index contributed by atoms with van der Waals surface area (Å²) in [6, 6.07) is 0.276. The number of rotatable bonds is 6. The number of nitrogens with two attached hydrogens (primary N) is 1. The smallest absolute Gasteiger partial charge is 0.240 e. The Balaban J connectivity index is 2.27. The maximum Gasteiger partial charge on any atom is 0.240 e. The fourth-order valence-corrected chi connectivity index (χ4v) is 2.52. The Morgan fingerprint density at radius 2 is 1.89 bits per heavy atom. The maximum atomic E-state index is 11.8. The van der Waals surface area contributed by atoms with Gasteiger partial charge in [-0.15, -0.1) is 0 Å². The van der Waals surface area contributed by atoms with E-state index in [9.17, 15) is 9.59 Å². The van der Waals surface area contributed by atoms with E-state index < -0.39 is 5.54 Å². The Hall–Kier alpha value is -1.10. The lowest BCUT2D eigenvalue weighted by Gasteiger charge is -2.24. The standard InChI is InChI=1S/C14H27N3O2/c1-3-9-14(2,15)13(19)16-10-12(18)17-11-7-5-4-6-8-11/h11H,3-10,15H2,1-2H3,(H,16,19)(H,17,18). The third kappa shape index (κ3) is 5.59. The third-order valence-corrected chi connectivity index (χ3v) is 3.67. The normalized spacial score (nSPS) is 19.5. The Bertz CT molecular complexity index is 310. The Kier molecular flexibility index (Phi) is 6.28. The molecule has 5 heteroatoms. The van der Waals surface area contributed by atoms with E-state index in [1.165, 1.54) is 19.3 Å². The lowest BCUT2D eigenvalue weighted by Crippen LogP contribution is -2.53. The highest BCUT2D eigenvalue weighted by molar-refractivity contribution is 5.89. The van der Waals surface area contributed by atoms with Gasteiger partial charge < -0.3 is 16.4 Å². The van der Waals surface area contributed by atoms with Crippen LogP contribution in [-0.2, 0) is 9.59 Å². The molecule has 1 fully saturated rings. The van der Waals surface area contributed by atoms with Crippen LogP contribution in [0.1, 0.15) is 58.8 Å². The molecule has 1 unspecified atom stereocenters.